The first-order chi connectivity index (χ1) is 8.47. The van der Waals surface area contributed by atoms with Gasteiger partial charge in [-0.05, 0) is 19.1 Å². The highest BCUT2D eigenvalue weighted by Gasteiger charge is 2.34. The minimum Gasteiger partial charge on any atom is -0.232 e. The van der Waals surface area contributed by atoms with E-state index in [1.807, 2.05) is 6.26 Å². The number of sulfonamides is 1. The van der Waals surface area contributed by atoms with Crippen molar-refractivity contribution in [2.75, 3.05) is 12.8 Å². The lowest BCUT2D eigenvalue weighted by Crippen LogP contribution is -2.38. The molecule has 0 amide bonds. The van der Waals surface area contributed by atoms with Gasteiger partial charge >= 0.3 is 0 Å². The van der Waals surface area contributed by atoms with Crippen molar-refractivity contribution >= 4 is 44.7 Å². The van der Waals surface area contributed by atoms with Crippen molar-refractivity contribution in [2.45, 2.75) is 34.6 Å². The molecule has 1 aliphatic rings. The van der Waals surface area contributed by atoms with Gasteiger partial charge in [0.1, 0.15) is 0 Å². The first-order valence-electron chi connectivity index (χ1n) is 5.64. The minimum atomic E-state index is -3.47. The van der Waals surface area contributed by atoms with Gasteiger partial charge in [0.15, 0.2) is 8.68 Å². The molecule has 1 aromatic rings. The van der Waals surface area contributed by atoms with E-state index < -0.39 is 10.0 Å². The van der Waals surface area contributed by atoms with Gasteiger partial charge in [-0.1, -0.05) is 35.8 Å². The molecule has 0 aromatic carbocycles. The highest BCUT2D eigenvalue weighted by atomic mass is 35.5. The number of hydrogen-bond donors (Lipinski definition) is 1. The van der Waals surface area contributed by atoms with Crippen molar-refractivity contribution in [1.29, 1.82) is 0 Å². The van der Waals surface area contributed by atoms with Crippen LogP contribution in [0.2, 0.25) is 4.47 Å². The lowest BCUT2D eigenvalue weighted by molar-refractivity contribution is 0.552. The van der Waals surface area contributed by atoms with Crippen LogP contribution in [0.1, 0.15) is 25.7 Å². The maximum absolute atomic E-state index is 12.1. The Morgan fingerprint density at radius 2 is 2.22 bits per heavy atom. The predicted molar refractivity (Wildman–Crippen MR) is 77.0 cm³/mol. The van der Waals surface area contributed by atoms with Crippen LogP contribution >= 0.6 is 34.7 Å². The Kier molecular flexibility index (Phi) is 4.59. The summed E-state index contributed by atoms with van der Waals surface area (Å²) in [5.41, 5.74) is 0. The van der Waals surface area contributed by atoms with Crippen molar-refractivity contribution in [3.05, 3.63) is 10.7 Å². The fourth-order valence-corrected chi connectivity index (χ4v) is 5.60. The molecule has 102 valence electrons. The average Bonchev–Trinajstić information content (AvgIpc) is 2.96. The van der Waals surface area contributed by atoms with Crippen LogP contribution in [0.3, 0.4) is 0 Å². The van der Waals surface area contributed by atoms with Gasteiger partial charge in [0.2, 0.25) is 0 Å². The molecule has 4 nitrogen and oxygen atoms in total. The number of rotatable bonds is 5. The summed E-state index contributed by atoms with van der Waals surface area (Å²) in [4.78, 5) is 3.76. The Morgan fingerprint density at radius 3 is 2.72 bits per heavy atom. The third-order valence-electron chi connectivity index (χ3n) is 3.25. The lowest BCUT2D eigenvalue weighted by Gasteiger charge is -2.26. The zero-order chi connectivity index (χ0) is 13.2. The Bertz CT molecular complexity index is 509. The molecule has 1 saturated carbocycles. The van der Waals surface area contributed by atoms with Gasteiger partial charge in [0.25, 0.3) is 10.0 Å². The molecule has 1 aliphatic carbocycles. The molecule has 0 spiro atoms. The molecule has 0 bridgehead atoms. The van der Waals surface area contributed by atoms with Gasteiger partial charge in [-0.25, -0.2) is 18.1 Å². The Morgan fingerprint density at radius 1 is 1.56 bits per heavy atom. The van der Waals surface area contributed by atoms with E-state index in [0.717, 1.165) is 24.2 Å². The molecule has 0 saturated heterocycles. The van der Waals surface area contributed by atoms with Crippen LogP contribution in [0, 0.1) is 0 Å². The van der Waals surface area contributed by atoms with Gasteiger partial charge in [-0.15, -0.1) is 0 Å². The number of thioether (sulfide) groups is 1. The first-order valence-corrected chi connectivity index (χ1v) is 9.54. The van der Waals surface area contributed by atoms with Crippen LogP contribution in [0.5, 0.6) is 0 Å². The van der Waals surface area contributed by atoms with Crippen molar-refractivity contribution in [3.8, 4) is 0 Å². The molecule has 1 N–H and O–H groups in total. The van der Waals surface area contributed by atoms with Gasteiger partial charge < -0.3 is 0 Å². The molecule has 0 unspecified atom stereocenters. The van der Waals surface area contributed by atoms with Crippen LogP contribution in [0.15, 0.2) is 10.4 Å². The Balaban J connectivity index is 2.05. The second kappa shape index (κ2) is 5.66. The lowest BCUT2D eigenvalue weighted by atomic mass is 10.1. The molecule has 8 heteroatoms. The number of halogens is 1. The molecule has 18 heavy (non-hydrogen) atoms. The second-order valence-electron chi connectivity index (χ2n) is 4.35. The van der Waals surface area contributed by atoms with Gasteiger partial charge in [0, 0.05) is 11.3 Å². The summed E-state index contributed by atoms with van der Waals surface area (Å²) < 4.78 is 27.3. The molecule has 0 atom stereocenters. The van der Waals surface area contributed by atoms with Crippen molar-refractivity contribution in [1.82, 2.24) is 9.71 Å². The monoisotopic (exact) mass is 326 g/mol. The van der Waals surface area contributed by atoms with E-state index in [1.165, 1.54) is 19.0 Å². The number of nitrogens with one attached hydrogen (secondary N) is 1. The summed E-state index contributed by atoms with van der Waals surface area (Å²) in [5, 5.41) is 0. The van der Waals surface area contributed by atoms with E-state index in [1.54, 1.807) is 11.8 Å². The quantitative estimate of drug-likeness (QED) is 0.904. The summed E-state index contributed by atoms with van der Waals surface area (Å²) in [6.45, 7) is 0.478. The molecule has 0 radical (unpaired) electrons. The highest BCUT2D eigenvalue weighted by molar-refractivity contribution is 8.00. The molecular formula is C10H15ClN2O2S3. The van der Waals surface area contributed by atoms with Crippen LogP contribution in [0.4, 0.5) is 0 Å². The van der Waals surface area contributed by atoms with Crippen molar-refractivity contribution < 1.29 is 8.42 Å². The van der Waals surface area contributed by atoms with Crippen LogP contribution in [0.25, 0.3) is 0 Å². The van der Waals surface area contributed by atoms with E-state index in [4.69, 9.17) is 11.6 Å². The summed E-state index contributed by atoms with van der Waals surface area (Å²) in [7, 11) is -3.47. The third-order valence-corrected chi connectivity index (χ3v) is 7.65. The maximum atomic E-state index is 12.1. The van der Waals surface area contributed by atoms with Gasteiger partial charge in [-0.2, -0.15) is 11.8 Å². The Labute approximate surface area is 121 Å². The summed E-state index contributed by atoms with van der Waals surface area (Å²) >= 11 is 8.40. The number of aromatic nitrogens is 1. The standard InChI is InChI=1S/C10H15ClN2O2S3/c1-16-10(4-2-3-5-10)7-13-18(14,15)8-6-12-9(11)17-8/h6,13H,2-5,7H2,1H3. The van der Waals surface area contributed by atoms with E-state index >= 15 is 0 Å². The van der Waals surface area contributed by atoms with E-state index in [-0.39, 0.29) is 13.4 Å². The molecule has 1 aromatic heterocycles. The largest absolute Gasteiger partial charge is 0.251 e. The smallest absolute Gasteiger partial charge is 0.232 e. The fourth-order valence-electron chi connectivity index (χ4n) is 2.13. The van der Waals surface area contributed by atoms with Crippen LogP contribution in [-0.4, -0.2) is 30.9 Å². The molecule has 0 aliphatic heterocycles. The summed E-state index contributed by atoms with van der Waals surface area (Å²) in [6, 6.07) is 0. The summed E-state index contributed by atoms with van der Waals surface area (Å²) in [6.07, 6.45) is 7.84. The zero-order valence-corrected chi connectivity index (χ0v) is 13.2. The average molecular weight is 327 g/mol. The van der Waals surface area contributed by atoms with E-state index in [0.29, 0.717) is 6.54 Å². The number of thiazole rings is 1. The molecule has 1 heterocycles. The number of hydrogen-bond acceptors (Lipinski definition) is 5. The van der Waals surface area contributed by atoms with Gasteiger partial charge in [-0.3, -0.25) is 0 Å². The zero-order valence-electron chi connectivity index (χ0n) is 9.98. The van der Waals surface area contributed by atoms with E-state index in [2.05, 4.69) is 9.71 Å². The van der Waals surface area contributed by atoms with Gasteiger partial charge in [0.05, 0.1) is 6.20 Å². The number of nitrogens with zero attached hydrogens (tertiary/aromatic N) is 1. The summed E-state index contributed by atoms with van der Waals surface area (Å²) in [5.74, 6) is 0. The van der Waals surface area contributed by atoms with Crippen molar-refractivity contribution in [2.24, 2.45) is 0 Å². The first kappa shape index (κ1) is 14.6. The van der Waals surface area contributed by atoms with Crippen LogP contribution < -0.4 is 4.72 Å². The molecular weight excluding hydrogens is 312 g/mol. The third kappa shape index (κ3) is 3.19. The van der Waals surface area contributed by atoms with Crippen LogP contribution in [-0.2, 0) is 10.0 Å². The van der Waals surface area contributed by atoms with E-state index in [9.17, 15) is 8.42 Å². The normalized spacial score (nSPS) is 19.2. The maximum Gasteiger partial charge on any atom is 0.251 e. The predicted octanol–water partition coefficient (Wildman–Crippen LogP) is 2.75. The Hall–Kier alpha value is 0.180. The molecule has 1 fully saturated rings. The minimum absolute atomic E-state index is 0.0571. The SMILES string of the molecule is CSC1(CNS(=O)(=O)c2cnc(Cl)s2)CCCC1. The molecule has 2 rings (SSSR count). The van der Waals surface area contributed by atoms with Crippen molar-refractivity contribution in [3.63, 3.8) is 0 Å². The highest BCUT2D eigenvalue weighted by Crippen LogP contribution is 2.39. The topological polar surface area (TPSA) is 59.1 Å². The fraction of sp³-hybridized carbons (Fsp3) is 0.700. The second-order valence-corrected chi connectivity index (χ2v) is 9.23.